The summed E-state index contributed by atoms with van der Waals surface area (Å²) in [5.41, 5.74) is 8.40. The maximum atomic E-state index is 12.3. The summed E-state index contributed by atoms with van der Waals surface area (Å²) in [5, 5.41) is 5.42. The first-order valence-electron chi connectivity index (χ1n) is 7.59. The quantitative estimate of drug-likeness (QED) is 0.738. The molecule has 3 aromatic rings. The summed E-state index contributed by atoms with van der Waals surface area (Å²) < 4.78 is 0. The van der Waals surface area contributed by atoms with E-state index in [4.69, 9.17) is 5.73 Å². The molecule has 7 heteroatoms. The van der Waals surface area contributed by atoms with E-state index in [1.165, 1.54) is 11.3 Å². The van der Waals surface area contributed by atoms with Crippen LogP contribution < -0.4 is 11.1 Å². The SMILES string of the molecule is Cc1c(NC(=O)Cc2csc(-c3ccccn3)n2)cccc1C(N)=O. The van der Waals surface area contributed by atoms with Gasteiger partial charge in [-0.15, -0.1) is 11.3 Å². The zero-order valence-electron chi connectivity index (χ0n) is 13.5. The number of anilines is 1. The van der Waals surface area contributed by atoms with Crippen LogP contribution in [0.5, 0.6) is 0 Å². The monoisotopic (exact) mass is 352 g/mol. The second-order valence-corrected chi connectivity index (χ2v) is 6.28. The van der Waals surface area contributed by atoms with Gasteiger partial charge in [0, 0.05) is 22.8 Å². The first-order valence-corrected chi connectivity index (χ1v) is 8.47. The lowest BCUT2D eigenvalue weighted by atomic mass is 10.1. The molecule has 2 heterocycles. The van der Waals surface area contributed by atoms with Crippen LogP contribution in [0.25, 0.3) is 10.7 Å². The van der Waals surface area contributed by atoms with Crippen LogP contribution >= 0.6 is 11.3 Å². The molecule has 1 aromatic carbocycles. The predicted octanol–water partition coefficient (Wildman–Crippen LogP) is 2.79. The number of primary amides is 1. The second kappa shape index (κ2) is 7.23. The second-order valence-electron chi connectivity index (χ2n) is 5.43. The topological polar surface area (TPSA) is 98.0 Å². The average Bonchev–Trinajstić information content (AvgIpc) is 3.05. The molecule has 0 aliphatic rings. The van der Waals surface area contributed by atoms with Gasteiger partial charge in [0.1, 0.15) is 5.01 Å². The fraction of sp³-hybridized carbons (Fsp3) is 0.111. The number of carbonyl (C=O) groups is 2. The van der Waals surface area contributed by atoms with Crippen molar-refractivity contribution in [1.29, 1.82) is 0 Å². The van der Waals surface area contributed by atoms with E-state index in [1.54, 1.807) is 31.3 Å². The van der Waals surface area contributed by atoms with Gasteiger partial charge in [-0.1, -0.05) is 12.1 Å². The van der Waals surface area contributed by atoms with Crippen LogP contribution in [-0.2, 0) is 11.2 Å². The normalized spacial score (nSPS) is 10.4. The van der Waals surface area contributed by atoms with E-state index in [-0.39, 0.29) is 12.3 Å². The molecule has 0 saturated carbocycles. The summed E-state index contributed by atoms with van der Waals surface area (Å²) in [6.45, 7) is 1.75. The number of hydrogen-bond donors (Lipinski definition) is 2. The lowest BCUT2D eigenvalue weighted by molar-refractivity contribution is -0.115. The Bertz CT molecular complexity index is 922. The summed E-state index contributed by atoms with van der Waals surface area (Å²) in [7, 11) is 0. The minimum absolute atomic E-state index is 0.142. The summed E-state index contributed by atoms with van der Waals surface area (Å²) in [4.78, 5) is 32.4. The van der Waals surface area contributed by atoms with E-state index >= 15 is 0 Å². The Morgan fingerprint density at radius 3 is 2.76 bits per heavy atom. The smallest absolute Gasteiger partial charge is 0.249 e. The van der Waals surface area contributed by atoms with Crippen molar-refractivity contribution in [1.82, 2.24) is 9.97 Å². The minimum atomic E-state index is -0.520. The van der Waals surface area contributed by atoms with E-state index < -0.39 is 5.91 Å². The molecular formula is C18H16N4O2S. The number of aromatic nitrogens is 2. The molecule has 0 saturated heterocycles. The van der Waals surface area contributed by atoms with E-state index in [1.807, 2.05) is 23.6 Å². The van der Waals surface area contributed by atoms with Crippen molar-refractivity contribution in [2.45, 2.75) is 13.3 Å². The van der Waals surface area contributed by atoms with Gasteiger partial charge in [0.2, 0.25) is 11.8 Å². The van der Waals surface area contributed by atoms with Crippen LogP contribution in [0.15, 0.2) is 48.0 Å². The number of pyridine rings is 1. The molecule has 0 radical (unpaired) electrons. The Morgan fingerprint density at radius 2 is 2.04 bits per heavy atom. The van der Waals surface area contributed by atoms with Crippen molar-refractivity contribution < 1.29 is 9.59 Å². The summed E-state index contributed by atoms with van der Waals surface area (Å²) >= 11 is 1.45. The van der Waals surface area contributed by atoms with Crippen molar-refractivity contribution in [3.05, 3.63) is 64.8 Å². The van der Waals surface area contributed by atoms with Gasteiger partial charge in [-0.05, 0) is 36.8 Å². The number of benzene rings is 1. The lowest BCUT2D eigenvalue weighted by Gasteiger charge is -2.10. The molecule has 0 aliphatic heterocycles. The van der Waals surface area contributed by atoms with Crippen LogP contribution in [0.2, 0.25) is 0 Å². The molecule has 0 spiro atoms. The van der Waals surface area contributed by atoms with E-state index in [0.29, 0.717) is 22.5 Å². The van der Waals surface area contributed by atoms with Crippen molar-refractivity contribution in [2.24, 2.45) is 5.73 Å². The molecule has 3 rings (SSSR count). The molecule has 2 aromatic heterocycles. The fourth-order valence-electron chi connectivity index (χ4n) is 2.39. The maximum Gasteiger partial charge on any atom is 0.249 e. The highest BCUT2D eigenvalue weighted by Crippen LogP contribution is 2.22. The van der Waals surface area contributed by atoms with Crippen LogP contribution in [0, 0.1) is 6.92 Å². The van der Waals surface area contributed by atoms with Gasteiger partial charge in [-0.3, -0.25) is 14.6 Å². The van der Waals surface area contributed by atoms with Gasteiger partial charge >= 0.3 is 0 Å². The zero-order valence-corrected chi connectivity index (χ0v) is 14.3. The van der Waals surface area contributed by atoms with Crippen molar-refractivity contribution in [3.63, 3.8) is 0 Å². The van der Waals surface area contributed by atoms with Gasteiger partial charge < -0.3 is 11.1 Å². The zero-order chi connectivity index (χ0) is 17.8. The molecular weight excluding hydrogens is 336 g/mol. The number of nitrogens with zero attached hydrogens (tertiary/aromatic N) is 2. The van der Waals surface area contributed by atoms with Crippen LogP contribution in [0.4, 0.5) is 5.69 Å². The first-order chi connectivity index (χ1) is 12.0. The number of amides is 2. The summed E-state index contributed by atoms with van der Waals surface area (Å²) in [6.07, 6.45) is 1.85. The number of hydrogen-bond acceptors (Lipinski definition) is 5. The van der Waals surface area contributed by atoms with Gasteiger partial charge in [0.15, 0.2) is 0 Å². The Labute approximate surface area is 148 Å². The highest BCUT2D eigenvalue weighted by molar-refractivity contribution is 7.13. The Morgan fingerprint density at radius 1 is 1.20 bits per heavy atom. The average molecular weight is 352 g/mol. The van der Waals surface area contributed by atoms with Gasteiger partial charge in [0.25, 0.3) is 0 Å². The van der Waals surface area contributed by atoms with Crippen molar-refractivity contribution >= 4 is 28.8 Å². The van der Waals surface area contributed by atoms with Gasteiger partial charge in [-0.25, -0.2) is 4.98 Å². The molecule has 0 atom stereocenters. The molecule has 0 aliphatic carbocycles. The molecule has 25 heavy (non-hydrogen) atoms. The Hall–Kier alpha value is -3.06. The first kappa shape index (κ1) is 16.8. The highest BCUT2D eigenvalue weighted by Gasteiger charge is 2.13. The van der Waals surface area contributed by atoms with E-state index in [0.717, 1.165) is 10.7 Å². The van der Waals surface area contributed by atoms with Crippen molar-refractivity contribution in [2.75, 3.05) is 5.32 Å². The van der Waals surface area contributed by atoms with Gasteiger partial charge in [0.05, 0.1) is 17.8 Å². The van der Waals surface area contributed by atoms with E-state index in [9.17, 15) is 9.59 Å². The molecule has 0 unspecified atom stereocenters. The minimum Gasteiger partial charge on any atom is -0.366 e. The fourth-order valence-corrected chi connectivity index (χ4v) is 3.19. The van der Waals surface area contributed by atoms with Crippen molar-refractivity contribution in [3.8, 4) is 10.7 Å². The number of carbonyl (C=O) groups excluding carboxylic acids is 2. The lowest BCUT2D eigenvalue weighted by Crippen LogP contribution is -2.18. The maximum absolute atomic E-state index is 12.3. The number of nitrogens with two attached hydrogens (primary N) is 1. The van der Waals surface area contributed by atoms with Crippen LogP contribution in [0.3, 0.4) is 0 Å². The summed E-state index contributed by atoms with van der Waals surface area (Å²) in [6, 6.07) is 10.7. The Balaban J connectivity index is 1.71. The molecule has 6 nitrogen and oxygen atoms in total. The molecule has 0 bridgehead atoms. The number of nitrogens with one attached hydrogen (secondary N) is 1. The predicted molar refractivity (Wildman–Crippen MR) is 97.4 cm³/mol. The van der Waals surface area contributed by atoms with Crippen LogP contribution in [-0.4, -0.2) is 21.8 Å². The largest absolute Gasteiger partial charge is 0.366 e. The highest BCUT2D eigenvalue weighted by atomic mass is 32.1. The molecule has 3 N–H and O–H groups in total. The van der Waals surface area contributed by atoms with Crippen LogP contribution in [0.1, 0.15) is 21.6 Å². The third kappa shape index (κ3) is 3.89. The number of thiazole rings is 1. The van der Waals surface area contributed by atoms with Gasteiger partial charge in [-0.2, -0.15) is 0 Å². The third-order valence-electron chi connectivity index (χ3n) is 3.65. The molecule has 126 valence electrons. The molecule has 2 amide bonds. The Kier molecular flexibility index (Phi) is 4.85. The number of rotatable bonds is 5. The molecule has 0 fully saturated rings. The standard InChI is InChI=1S/C18H16N4O2S/c1-11-13(17(19)24)5-4-7-14(11)22-16(23)9-12-10-25-18(21-12)15-6-2-3-8-20-15/h2-8,10H,9H2,1H3,(H2,19,24)(H,22,23). The van der Waals surface area contributed by atoms with E-state index in [2.05, 4.69) is 15.3 Å². The summed E-state index contributed by atoms with van der Waals surface area (Å²) in [5.74, 6) is -0.726. The third-order valence-corrected chi connectivity index (χ3v) is 4.56.